The van der Waals surface area contributed by atoms with E-state index in [0.29, 0.717) is 6.04 Å². The number of pyridine rings is 1. The van der Waals surface area contributed by atoms with Crippen LogP contribution in [-0.4, -0.2) is 47.8 Å². The van der Waals surface area contributed by atoms with Crippen molar-refractivity contribution < 1.29 is 4.74 Å². The van der Waals surface area contributed by atoms with Gasteiger partial charge < -0.3 is 15.0 Å². The Bertz CT molecular complexity index is 663. The van der Waals surface area contributed by atoms with Gasteiger partial charge in [-0.15, -0.1) is 0 Å². The molecule has 0 bridgehead atoms. The molecule has 2 fully saturated rings. The molecule has 1 N–H and O–H groups in total. The zero-order chi connectivity index (χ0) is 17.0. The van der Waals surface area contributed by atoms with Crippen LogP contribution in [-0.2, 0) is 11.2 Å². The molecule has 2 aliphatic heterocycles. The van der Waals surface area contributed by atoms with Crippen molar-refractivity contribution in [1.82, 2.24) is 9.88 Å². The molecular formula is C21H27N3O. The lowest BCUT2D eigenvalue weighted by molar-refractivity contribution is -0.0733. The summed E-state index contributed by atoms with van der Waals surface area (Å²) in [6.45, 7) is 4.16. The summed E-state index contributed by atoms with van der Waals surface area (Å²) >= 11 is 0. The first-order valence-corrected chi connectivity index (χ1v) is 9.39. The van der Waals surface area contributed by atoms with Gasteiger partial charge in [-0.3, -0.25) is 0 Å². The Hall–Kier alpha value is -1.91. The van der Waals surface area contributed by atoms with Crippen LogP contribution in [0.3, 0.4) is 0 Å². The SMILES string of the molecule is c1ccc(CCN2CC[C@@]3(C[C@@H](Nc4ccccn4)CCO3)C2)cc1. The number of aromatic nitrogens is 1. The van der Waals surface area contributed by atoms with E-state index in [1.807, 2.05) is 24.4 Å². The fraction of sp³-hybridized carbons (Fsp3) is 0.476. The zero-order valence-corrected chi connectivity index (χ0v) is 14.7. The van der Waals surface area contributed by atoms with Crippen LogP contribution in [0.4, 0.5) is 5.82 Å². The van der Waals surface area contributed by atoms with Crippen LogP contribution in [0, 0.1) is 0 Å². The monoisotopic (exact) mass is 337 g/mol. The van der Waals surface area contributed by atoms with Crippen molar-refractivity contribution >= 4 is 5.82 Å². The maximum Gasteiger partial charge on any atom is 0.126 e. The smallest absolute Gasteiger partial charge is 0.126 e. The molecule has 2 aliphatic rings. The summed E-state index contributed by atoms with van der Waals surface area (Å²) in [4.78, 5) is 6.97. The van der Waals surface area contributed by atoms with Crippen LogP contribution in [0.2, 0.25) is 0 Å². The molecule has 1 aromatic heterocycles. The maximum atomic E-state index is 6.27. The Kier molecular flexibility index (Phi) is 4.99. The molecule has 0 radical (unpaired) electrons. The summed E-state index contributed by atoms with van der Waals surface area (Å²) in [6.07, 6.45) is 6.24. The van der Waals surface area contributed by atoms with Crippen molar-refractivity contribution in [1.29, 1.82) is 0 Å². The van der Waals surface area contributed by atoms with Gasteiger partial charge in [-0.05, 0) is 43.4 Å². The second-order valence-electron chi connectivity index (χ2n) is 7.34. The van der Waals surface area contributed by atoms with E-state index in [1.165, 1.54) is 5.56 Å². The Labute approximate surface area is 150 Å². The summed E-state index contributed by atoms with van der Waals surface area (Å²) in [5, 5.41) is 3.60. The number of nitrogens with zero attached hydrogens (tertiary/aromatic N) is 2. The second-order valence-corrected chi connectivity index (χ2v) is 7.34. The van der Waals surface area contributed by atoms with E-state index in [9.17, 15) is 0 Å². The zero-order valence-electron chi connectivity index (χ0n) is 14.7. The summed E-state index contributed by atoms with van der Waals surface area (Å²) in [6, 6.07) is 17.3. The van der Waals surface area contributed by atoms with Gasteiger partial charge in [0, 0.05) is 38.5 Å². The number of ether oxygens (including phenoxy) is 1. The van der Waals surface area contributed by atoms with Crippen molar-refractivity contribution in [2.24, 2.45) is 0 Å². The first kappa shape index (κ1) is 16.6. The first-order chi connectivity index (χ1) is 12.3. The number of likely N-dealkylation sites (tertiary alicyclic amines) is 1. The highest BCUT2D eigenvalue weighted by Gasteiger charge is 2.43. The topological polar surface area (TPSA) is 37.4 Å². The molecule has 0 saturated carbocycles. The average molecular weight is 337 g/mol. The van der Waals surface area contributed by atoms with Gasteiger partial charge in [0.25, 0.3) is 0 Å². The summed E-state index contributed by atoms with van der Waals surface area (Å²) < 4.78 is 6.27. The number of hydrogen-bond donors (Lipinski definition) is 1. The summed E-state index contributed by atoms with van der Waals surface area (Å²) in [5.41, 5.74) is 1.45. The normalized spacial score (nSPS) is 26.8. The molecule has 1 aromatic carbocycles. The molecule has 2 atom stereocenters. The van der Waals surface area contributed by atoms with Gasteiger partial charge in [-0.2, -0.15) is 0 Å². The van der Waals surface area contributed by atoms with Gasteiger partial charge in [0.05, 0.1) is 5.60 Å². The van der Waals surface area contributed by atoms with E-state index in [4.69, 9.17) is 4.74 Å². The molecule has 2 saturated heterocycles. The second kappa shape index (κ2) is 7.54. The highest BCUT2D eigenvalue weighted by molar-refractivity contribution is 5.34. The van der Waals surface area contributed by atoms with Crippen LogP contribution in [0.15, 0.2) is 54.7 Å². The van der Waals surface area contributed by atoms with Crippen molar-refractivity contribution in [3.05, 3.63) is 60.3 Å². The highest BCUT2D eigenvalue weighted by Crippen LogP contribution is 2.35. The van der Waals surface area contributed by atoms with E-state index < -0.39 is 0 Å². The Balaban J connectivity index is 1.31. The van der Waals surface area contributed by atoms with E-state index in [0.717, 1.165) is 57.7 Å². The molecule has 0 unspecified atom stereocenters. The van der Waals surface area contributed by atoms with Crippen molar-refractivity contribution in [2.45, 2.75) is 37.3 Å². The minimum Gasteiger partial charge on any atom is -0.373 e. The molecule has 4 heteroatoms. The largest absolute Gasteiger partial charge is 0.373 e. The van der Waals surface area contributed by atoms with E-state index in [2.05, 4.69) is 45.5 Å². The molecule has 132 valence electrons. The van der Waals surface area contributed by atoms with E-state index in [1.54, 1.807) is 0 Å². The van der Waals surface area contributed by atoms with Gasteiger partial charge in [-0.1, -0.05) is 36.4 Å². The molecule has 2 aromatic rings. The molecule has 3 heterocycles. The minimum atomic E-state index is 0.0292. The fourth-order valence-electron chi connectivity index (χ4n) is 4.14. The molecule has 4 rings (SSSR count). The van der Waals surface area contributed by atoms with Crippen molar-refractivity contribution in [2.75, 3.05) is 31.6 Å². The minimum absolute atomic E-state index is 0.0292. The maximum absolute atomic E-state index is 6.27. The van der Waals surface area contributed by atoms with Crippen LogP contribution < -0.4 is 5.32 Å². The van der Waals surface area contributed by atoms with Crippen LogP contribution in [0.5, 0.6) is 0 Å². The third kappa shape index (κ3) is 4.20. The molecule has 0 amide bonds. The predicted molar refractivity (Wildman–Crippen MR) is 101 cm³/mol. The van der Waals surface area contributed by atoms with Crippen LogP contribution in [0.25, 0.3) is 0 Å². The fourth-order valence-corrected chi connectivity index (χ4v) is 4.14. The number of hydrogen-bond acceptors (Lipinski definition) is 4. The average Bonchev–Trinajstić information content (AvgIpc) is 3.04. The standard InChI is InChI=1S/C21H27N3O/c1-2-6-18(7-3-1)9-13-24-14-11-21(17-24)16-19(10-15-25-21)23-20-8-4-5-12-22-20/h1-8,12,19H,9-11,13-17H2,(H,22,23)/t19-,21+/m0/s1. The summed E-state index contributed by atoms with van der Waals surface area (Å²) in [7, 11) is 0. The Morgan fingerprint density at radius 2 is 2.04 bits per heavy atom. The van der Waals surface area contributed by atoms with Crippen LogP contribution in [0.1, 0.15) is 24.8 Å². The van der Waals surface area contributed by atoms with Gasteiger partial charge in [0.15, 0.2) is 0 Å². The number of anilines is 1. The molecule has 0 aliphatic carbocycles. The lowest BCUT2D eigenvalue weighted by Gasteiger charge is -2.38. The highest BCUT2D eigenvalue weighted by atomic mass is 16.5. The molecule has 1 spiro atoms. The van der Waals surface area contributed by atoms with Gasteiger partial charge >= 0.3 is 0 Å². The lowest BCUT2D eigenvalue weighted by atomic mass is 9.89. The van der Waals surface area contributed by atoms with Gasteiger partial charge in [0.1, 0.15) is 5.82 Å². The van der Waals surface area contributed by atoms with Crippen molar-refractivity contribution in [3.63, 3.8) is 0 Å². The van der Waals surface area contributed by atoms with E-state index in [-0.39, 0.29) is 5.60 Å². The third-order valence-electron chi connectivity index (χ3n) is 5.46. The quantitative estimate of drug-likeness (QED) is 0.908. The van der Waals surface area contributed by atoms with E-state index >= 15 is 0 Å². The first-order valence-electron chi connectivity index (χ1n) is 9.39. The lowest BCUT2D eigenvalue weighted by Crippen LogP contribution is -2.46. The summed E-state index contributed by atoms with van der Waals surface area (Å²) in [5.74, 6) is 0.975. The predicted octanol–water partition coefficient (Wildman–Crippen LogP) is 3.36. The Morgan fingerprint density at radius 3 is 2.88 bits per heavy atom. The van der Waals surface area contributed by atoms with Gasteiger partial charge in [-0.25, -0.2) is 4.98 Å². The molecular weight excluding hydrogens is 310 g/mol. The van der Waals surface area contributed by atoms with Crippen LogP contribution >= 0.6 is 0 Å². The molecule has 25 heavy (non-hydrogen) atoms. The van der Waals surface area contributed by atoms with Gasteiger partial charge in [0.2, 0.25) is 0 Å². The van der Waals surface area contributed by atoms with Crippen molar-refractivity contribution in [3.8, 4) is 0 Å². The Morgan fingerprint density at radius 1 is 1.16 bits per heavy atom. The number of nitrogens with one attached hydrogen (secondary N) is 1. The third-order valence-corrected chi connectivity index (χ3v) is 5.46. The number of benzene rings is 1. The number of rotatable bonds is 5. The molecule has 4 nitrogen and oxygen atoms in total.